The lowest BCUT2D eigenvalue weighted by Gasteiger charge is -2.03. The number of rotatable bonds is 5. The van der Waals surface area contributed by atoms with Gasteiger partial charge in [0, 0.05) is 24.6 Å². The summed E-state index contributed by atoms with van der Waals surface area (Å²) < 4.78 is 12.9. The molecule has 0 unspecified atom stereocenters. The number of halogens is 1. The average Bonchev–Trinajstić information content (AvgIpc) is 2.96. The Kier molecular flexibility index (Phi) is 4.81. The molecular formula is C17H15FN4OS. The topological polar surface area (TPSA) is 66.9 Å². The predicted molar refractivity (Wildman–Crippen MR) is 91.9 cm³/mol. The number of carbonyl (C=O) groups excluding carboxylic acids is 1. The summed E-state index contributed by atoms with van der Waals surface area (Å²) >= 11 is 1.26. The molecule has 2 heterocycles. The summed E-state index contributed by atoms with van der Waals surface area (Å²) in [6.07, 6.45) is 3.40. The molecule has 5 nitrogen and oxygen atoms in total. The van der Waals surface area contributed by atoms with E-state index in [1.165, 1.54) is 23.5 Å². The predicted octanol–water partition coefficient (Wildman–Crippen LogP) is 3.66. The van der Waals surface area contributed by atoms with Gasteiger partial charge in [-0.2, -0.15) is 0 Å². The molecule has 24 heavy (non-hydrogen) atoms. The van der Waals surface area contributed by atoms with Crippen molar-refractivity contribution in [1.82, 2.24) is 15.3 Å². The summed E-state index contributed by atoms with van der Waals surface area (Å²) in [6, 6.07) is 9.69. The number of hydrogen-bond acceptors (Lipinski definition) is 5. The zero-order valence-corrected chi connectivity index (χ0v) is 13.7. The summed E-state index contributed by atoms with van der Waals surface area (Å²) in [4.78, 5) is 21.2. The van der Waals surface area contributed by atoms with Crippen LogP contribution >= 0.6 is 11.3 Å². The van der Waals surface area contributed by atoms with Crippen molar-refractivity contribution < 1.29 is 9.18 Å². The van der Waals surface area contributed by atoms with Crippen LogP contribution in [0.2, 0.25) is 0 Å². The molecule has 0 saturated heterocycles. The van der Waals surface area contributed by atoms with E-state index in [9.17, 15) is 9.18 Å². The number of carbonyl (C=O) groups is 1. The first-order chi connectivity index (χ1) is 11.6. The number of pyridine rings is 1. The zero-order valence-electron chi connectivity index (χ0n) is 12.9. The van der Waals surface area contributed by atoms with Crippen molar-refractivity contribution in [3.63, 3.8) is 0 Å². The van der Waals surface area contributed by atoms with Gasteiger partial charge in [0.2, 0.25) is 0 Å². The number of nitrogens with zero attached hydrogens (tertiary/aromatic N) is 2. The Hall–Kier alpha value is -2.80. The van der Waals surface area contributed by atoms with Crippen LogP contribution in [-0.4, -0.2) is 15.9 Å². The van der Waals surface area contributed by atoms with Gasteiger partial charge < -0.3 is 10.6 Å². The normalized spacial score (nSPS) is 10.4. The molecule has 1 amide bonds. The van der Waals surface area contributed by atoms with Crippen LogP contribution in [0.4, 0.5) is 15.2 Å². The van der Waals surface area contributed by atoms with E-state index < -0.39 is 0 Å². The second kappa shape index (κ2) is 7.18. The number of aryl methyl sites for hydroxylation is 1. The SMILES string of the molecule is Cc1nc(Nc2ccc(F)cc2)sc1C(=O)NCc1cccnc1. The first-order valence-electron chi connectivity index (χ1n) is 7.29. The number of nitrogens with one attached hydrogen (secondary N) is 2. The van der Waals surface area contributed by atoms with E-state index in [1.54, 1.807) is 31.5 Å². The van der Waals surface area contributed by atoms with E-state index in [4.69, 9.17) is 0 Å². The summed E-state index contributed by atoms with van der Waals surface area (Å²) in [6.45, 7) is 2.19. The van der Waals surface area contributed by atoms with E-state index in [0.717, 1.165) is 5.56 Å². The Morgan fingerprint density at radius 1 is 1.25 bits per heavy atom. The molecule has 3 aromatic rings. The van der Waals surface area contributed by atoms with Gasteiger partial charge in [-0.05, 0) is 42.8 Å². The highest BCUT2D eigenvalue weighted by atomic mass is 32.1. The summed E-state index contributed by atoms with van der Waals surface area (Å²) in [7, 11) is 0. The van der Waals surface area contributed by atoms with Gasteiger partial charge in [0.25, 0.3) is 5.91 Å². The van der Waals surface area contributed by atoms with Gasteiger partial charge in [-0.3, -0.25) is 9.78 Å². The molecule has 7 heteroatoms. The van der Waals surface area contributed by atoms with Crippen molar-refractivity contribution in [1.29, 1.82) is 0 Å². The van der Waals surface area contributed by atoms with E-state index in [0.29, 0.717) is 27.9 Å². The van der Waals surface area contributed by atoms with Gasteiger partial charge in [0.1, 0.15) is 10.7 Å². The molecule has 1 aromatic carbocycles. The van der Waals surface area contributed by atoms with E-state index in [2.05, 4.69) is 20.6 Å². The van der Waals surface area contributed by atoms with Gasteiger partial charge in [-0.15, -0.1) is 0 Å². The van der Waals surface area contributed by atoms with Crippen LogP contribution in [0.5, 0.6) is 0 Å². The van der Waals surface area contributed by atoms with Gasteiger partial charge in [0.15, 0.2) is 5.13 Å². The summed E-state index contributed by atoms with van der Waals surface area (Å²) in [5, 5.41) is 6.52. The highest BCUT2D eigenvalue weighted by Crippen LogP contribution is 2.25. The third-order valence-corrected chi connectivity index (χ3v) is 4.35. The lowest BCUT2D eigenvalue weighted by molar-refractivity contribution is 0.0954. The largest absolute Gasteiger partial charge is 0.347 e. The lowest BCUT2D eigenvalue weighted by atomic mass is 10.3. The minimum absolute atomic E-state index is 0.180. The molecule has 0 spiro atoms. The maximum absolute atomic E-state index is 12.9. The van der Waals surface area contributed by atoms with Crippen molar-refractivity contribution in [2.45, 2.75) is 13.5 Å². The number of thiazole rings is 1. The van der Waals surface area contributed by atoms with Crippen molar-refractivity contribution in [3.8, 4) is 0 Å². The molecule has 0 atom stereocenters. The van der Waals surface area contributed by atoms with Crippen molar-refractivity contribution in [3.05, 3.63) is 70.7 Å². The van der Waals surface area contributed by atoms with Gasteiger partial charge in [-0.25, -0.2) is 9.37 Å². The van der Waals surface area contributed by atoms with E-state index in [1.807, 2.05) is 12.1 Å². The lowest BCUT2D eigenvalue weighted by Crippen LogP contribution is -2.22. The Balaban J connectivity index is 1.66. The maximum atomic E-state index is 12.9. The molecule has 0 fully saturated rings. The summed E-state index contributed by atoms with van der Waals surface area (Å²) in [5.41, 5.74) is 2.29. The number of anilines is 2. The van der Waals surface area contributed by atoms with E-state index in [-0.39, 0.29) is 11.7 Å². The maximum Gasteiger partial charge on any atom is 0.263 e. The number of amides is 1. The van der Waals surface area contributed by atoms with Crippen molar-refractivity contribution in [2.75, 3.05) is 5.32 Å². The monoisotopic (exact) mass is 342 g/mol. The third-order valence-electron chi connectivity index (χ3n) is 3.27. The Morgan fingerprint density at radius 3 is 2.75 bits per heavy atom. The van der Waals surface area contributed by atoms with Crippen molar-refractivity contribution in [2.24, 2.45) is 0 Å². The smallest absolute Gasteiger partial charge is 0.263 e. The Labute approximate surface area is 142 Å². The van der Waals surface area contributed by atoms with Crippen LogP contribution in [0, 0.1) is 12.7 Å². The highest BCUT2D eigenvalue weighted by molar-refractivity contribution is 7.17. The molecule has 0 aliphatic carbocycles. The van der Waals surface area contributed by atoms with Crippen LogP contribution in [-0.2, 0) is 6.54 Å². The molecule has 3 rings (SSSR count). The number of hydrogen-bond donors (Lipinski definition) is 2. The van der Waals surface area contributed by atoms with Crippen LogP contribution in [0.25, 0.3) is 0 Å². The molecule has 0 bridgehead atoms. The van der Waals surface area contributed by atoms with Gasteiger partial charge in [0.05, 0.1) is 5.69 Å². The first kappa shape index (κ1) is 16.1. The van der Waals surface area contributed by atoms with Crippen LogP contribution < -0.4 is 10.6 Å². The van der Waals surface area contributed by atoms with Gasteiger partial charge in [-0.1, -0.05) is 17.4 Å². The Morgan fingerprint density at radius 2 is 2.04 bits per heavy atom. The molecule has 122 valence electrons. The molecule has 0 saturated carbocycles. The van der Waals surface area contributed by atoms with Crippen LogP contribution in [0.1, 0.15) is 20.9 Å². The van der Waals surface area contributed by atoms with Crippen LogP contribution in [0.15, 0.2) is 48.8 Å². The fourth-order valence-electron chi connectivity index (χ4n) is 2.08. The van der Waals surface area contributed by atoms with E-state index >= 15 is 0 Å². The average molecular weight is 342 g/mol. The first-order valence-corrected chi connectivity index (χ1v) is 8.10. The minimum Gasteiger partial charge on any atom is -0.347 e. The fraction of sp³-hybridized carbons (Fsp3) is 0.118. The number of aromatic nitrogens is 2. The third kappa shape index (κ3) is 3.94. The molecule has 2 N–H and O–H groups in total. The Bertz CT molecular complexity index is 834. The highest BCUT2D eigenvalue weighted by Gasteiger charge is 2.15. The second-order valence-corrected chi connectivity index (χ2v) is 6.11. The minimum atomic E-state index is -0.300. The molecule has 0 radical (unpaired) electrons. The standard InChI is InChI=1S/C17H15FN4OS/c1-11-15(16(23)20-10-12-3-2-8-19-9-12)24-17(21-11)22-14-6-4-13(18)5-7-14/h2-9H,10H2,1H3,(H,20,23)(H,21,22). The number of benzene rings is 1. The van der Waals surface area contributed by atoms with Crippen LogP contribution in [0.3, 0.4) is 0 Å². The molecule has 0 aliphatic rings. The summed E-state index contributed by atoms with van der Waals surface area (Å²) in [5.74, 6) is -0.479. The van der Waals surface area contributed by atoms with Crippen molar-refractivity contribution >= 4 is 28.1 Å². The molecule has 0 aliphatic heterocycles. The molecular weight excluding hydrogens is 327 g/mol. The second-order valence-electron chi connectivity index (χ2n) is 5.11. The van der Waals surface area contributed by atoms with Gasteiger partial charge >= 0.3 is 0 Å². The quantitative estimate of drug-likeness (QED) is 0.742. The fourth-order valence-corrected chi connectivity index (χ4v) is 2.99. The molecule has 2 aromatic heterocycles. The zero-order chi connectivity index (χ0) is 16.9.